The topological polar surface area (TPSA) is 38.0 Å². The maximum absolute atomic E-state index is 6.06. The minimum absolute atomic E-state index is 0.209. The third-order valence-electron chi connectivity index (χ3n) is 2.35. The van der Waals surface area contributed by atoms with E-state index in [1.54, 1.807) is 6.07 Å². The van der Waals surface area contributed by atoms with Gasteiger partial charge in [0.2, 0.25) is 0 Å². The normalized spacial score (nSPS) is 12.9. The van der Waals surface area contributed by atoms with E-state index < -0.39 is 0 Å². The first-order chi connectivity index (χ1) is 7.06. The number of benzene rings is 1. The summed E-state index contributed by atoms with van der Waals surface area (Å²) in [6.45, 7) is 4.80. The molecule has 0 radical (unpaired) electrons. The highest BCUT2D eigenvalue weighted by atomic mass is 35.5. The van der Waals surface area contributed by atoms with Gasteiger partial charge in [0.05, 0.1) is 15.7 Å². The second-order valence-electron chi connectivity index (χ2n) is 3.83. The number of anilines is 1. The highest BCUT2D eigenvalue weighted by Crippen LogP contribution is 2.30. The lowest BCUT2D eigenvalue weighted by molar-refractivity contribution is 0.531. The van der Waals surface area contributed by atoms with E-state index in [1.807, 2.05) is 12.1 Å². The summed E-state index contributed by atoms with van der Waals surface area (Å²) in [5.74, 6) is 0.449. The Hall–Kier alpha value is -0.440. The number of hydrogen-bond donors (Lipinski definition) is 2. The van der Waals surface area contributed by atoms with Crippen LogP contribution in [-0.2, 0) is 0 Å². The van der Waals surface area contributed by atoms with Crippen molar-refractivity contribution in [3.05, 3.63) is 28.2 Å². The fourth-order valence-corrected chi connectivity index (χ4v) is 1.67. The van der Waals surface area contributed by atoms with Gasteiger partial charge in [0.15, 0.2) is 0 Å². The molecule has 1 aromatic carbocycles. The van der Waals surface area contributed by atoms with Crippen LogP contribution in [0.1, 0.15) is 13.8 Å². The van der Waals surface area contributed by atoms with E-state index >= 15 is 0 Å². The van der Waals surface area contributed by atoms with Gasteiger partial charge in [-0.2, -0.15) is 0 Å². The standard InChI is InChI=1S/C11H16Cl2N2/c1-7(2)10(6-14)15-9-5-3-4-8(12)11(9)13/h3-5,7,10,15H,6,14H2,1-2H3. The predicted octanol–water partition coefficient (Wildman–Crippen LogP) is 3.39. The molecule has 0 heterocycles. The first-order valence-electron chi connectivity index (χ1n) is 4.97. The van der Waals surface area contributed by atoms with E-state index in [1.165, 1.54) is 0 Å². The lowest BCUT2D eigenvalue weighted by Gasteiger charge is -2.22. The summed E-state index contributed by atoms with van der Waals surface area (Å²) in [5.41, 5.74) is 6.51. The first-order valence-corrected chi connectivity index (χ1v) is 5.72. The largest absolute Gasteiger partial charge is 0.380 e. The Labute approximate surface area is 101 Å². The smallest absolute Gasteiger partial charge is 0.0823 e. The Balaban J connectivity index is 2.84. The average molecular weight is 247 g/mol. The van der Waals surface area contributed by atoms with Crippen molar-refractivity contribution in [2.75, 3.05) is 11.9 Å². The van der Waals surface area contributed by atoms with Crippen molar-refractivity contribution in [2.45, 2.75) is 19.9 Å². The zero-order valence-corrected chi connectivity index (χ0v) is 10.4. The van der Waals surface area contributed by atoms with Gasteiger partial charge in [0, 0.05) is 12.6 Å². The number of nitrogens with one attached hydrogen (secondary N) is 1. The summed E-state index contributed by atoms with van der Waals surface area (Å²) in [6, 6.07) is 5.74. The van der Waals surface area contributed by atoms with Crippen LogP contribution in [-0.4, -0.2) is 12.6 Å². The zero-order chi connectivity index (χ0) is 11.4. The van der Waals surface area contributed by atoms with Gasteiger partial charge < -0.3 is 11.1 Å². The van der Waals surface area contributed by atoms with Crippen LogP contribution in [0.3, 0.4) is 0 Å². The molecule has 15 heavy (non-hydrogen) atoms. The van der Waals surface area contributed by atoms with Crippen molar-refractivity contribution >= 4 is 28.9 Å². The van der Waals surface area contributed by atoms with Crippen molar-refractivity contribution in [3.63, 3.8) is 0 Å². The summed E-state index contributed by atoms with van der Waals surface area (Å²) < 4.78 is 0. The van der Waals surface area contributed by atoms with Gasteiger partial charge in [0.1, 0.15) is 0 Å². The molecule has 0 fully saturated rings. The zero-order valence-electron chi connectivity index (χ0n) is 8.93. The summed E-state index contributed by atoms with van der Waals surface area (Å²) in [5, 5.41) is 4.41. The molecule has 0 saturated carbocycles. The predicted molar refractivity (Wildman–Crippen MR) is 67.8 cm³/mol. The fourth-order valence-electron chi connectivity index (χ4n) is 1.31. The third kappa shape index (κ3) is 3.26. The summed E-state index contributed by atoms with van der Waals surface area (Å²) in [6.07, 6.45) is 0. The molecule has 1 unspecified atom stereocenters. The third-order valence-corrected chi connectivity index (χ3v) is 3.17. The molecule has 0 aromatic heterocycles. The van der Waals surface area contributed by atoms with Crippen molar-refractivity contribution in [1.29, 1.82) is 0 Å². The van der Waals surface area contributed by atoms with Gasteiger partial charge in [-0.3, -0.25) is 0 Å². The Morgan fingerprint density at radius 1 is 1.33 bits per heavy atom. The molecule has 2 nitrogen and oxygen atoms in total. The lowest BCUT2D eigenvalue weighted by Crippen LogP contribution is -2.33. The van der Waals surface area contributed by atoms with E-state index in [0.29, 0.717) is 22.5 Å². The molecular weight excluding hydrogens is 231 g/mol. The summed E-state index contributed by atoms with van der Waals surface area (Å²) in [4.78, 5) is 0. The number of halogens is 2. The molecule has 3 N–H and O–H groups in total. The molecule has 0 bridgehead atoms. The van der Waals surface area contributed by atoms with Crippen molar-refractivity contribution in [2.24, 2.45) is 11.7 Å². The van der Waals surface area contributed by atoms with Crippen LogP contribution >= 0.6 is 23.2 Å². The molecular formula is C11H16Cl2N2. The summed E-state index contributed by atoms with van der Waals surface area (Å²) >= 11 is 12.0. The van der Waals surface area contributed by atoms with Crippen LogP contribution in [0.4, 0.5) is 5.69 Å². The van der Waals surface area contributed by atoms with E-state index in [2.05, 4.69) is 19.2 Å². The van der Waals surface area contributed by atoms with Crippen LogP contribution in [0.15, 0.2) is 18.2 Å². The van der Waals surface area contributed by atoms with Crippen molar-refractivity contribution in [1.82, 2.24) is 0 Å². The second kappa shape index (κ2) is 5.59. The first kappa shape index (κ1) is 12.6. The van der Waals surface area contributed by atoms with Gasteiger partial charge in [-0.1, -0.05) is 43.1 Å². The molecule has 0 spiro atoms. The highest BCUT2D eigenvalue weighted by Gasteiger charge is 2.13. The van der Waals surface area contributed by atoms with Gasteiger partial charge in [0.25, 0.3) is 0 Å². The van der Waals surface area contributed by atoms with Gasteiger partial charge in [-0.05, 0) is 18.1 Å². The Morgan fingerprint density at radius 2 is 2.00 bits per heavy atom. The molecule has 84 valence electrons. The number of nitrogens with two attached hydrogens (primary N) is 1. The number of hydrogen-bond acceptors (Lipinski definition) is 2. The summed E-state index contributed by atoms with van der Waals surface area (Å²) in [7, 11) is 0. The van der Waals surface area contributed by atoms with Gasteiger partial charge >= 0.3 is 0 Å². The molecule has 0 aliphatic rings. The lowest BCUT2D eigenvalue weighted by atomic mass is 10.0. The quantitative estimate of drug-likeness (QED) is 0.855. The van der Waals surface area contributed by atoms with Gasteiger partial charge in [-0.15, -0.1) is 0 Å². The Kier molecular flexibility index (Phi) is 4.71. The fraction of sp³-hybridized carbons (Fsp3) is 0.455. The van der Waals surface area contributed by atoms with E-state index in [-0.39, 0.29) is 6.04 Å². The van der Waals surface area contributed by atoms with Gasteiger partial charge in [-0.25, -0.2) is 0 Å². The maximum atomic E-state index is 6.06. The Morgan fingerprint density at radius 3 is 2.53 bits per heavy atom. The molecule has 1 aromatic rings. The minimum atomic E-state index is 0.209. The van der Waals surface area contributed by atoms with Crippen molar-refractivity contribution < 1.29 is 0 Å². The van der Waals surface area contributed by atoms with E-state index in [0.717, 1.165) is 5.69 Å². The average Bonchev–Trinajstić information content (AvgIpc) is 2.19. The van der Waals surface area contributed by atoms with Crippen LogP contribution < -0.4 is 11.1 Å². The van der Waals surface area contributed by atoms with Crippen molar-refractivity contribution in [3.8, 4) is 0 Å². The van der Waals surface area contributed by atoms with E-state index in [9.17, 15) is 0 Å². The molecule has 4 heteroatoms. The number of rotatable bonds is 4. The molecule has 0 saturated heterocycles. The molecule has 0 aliphatic carbocycles. The molecule has 1 atom stereocenters. The minimum Gasteiger partial charge on any atom is -0.380 e. The van der Waals surface area contributed by atoms with Crippen LogP contribution in [0.25, 0.3) is 0 Å². The van der Waals surface area contributed by atoms with Crippen LogP contribution in [0, 0.1) is 5.92 Å². The second-order valence-corrected chi connectivity index (χ2v) is 4.62. The maximum Gasteiger partial charge on any atom is 0.0823 e. The molecule has 0 aliphatic heterocycles. The van der Waals surface area contributed by atoms with Crippen LogP contribution in [0.2, 0.25) is 10.0 Å². The monoisotopic (exact) mass is 246 g/mol. The molecule has 0 amide bonds. The van der Waals surface area contributed by atoms with E-state index in [4.69, 9.17) is 28.9 Å². The Bertz CT molecular complexity index is 326. The highest BCUT2D eigenvalue weighted by molar-refractivity contribution is 6.43. The SMILES string of the molecule is CC(C)C(CN)Nc1cccc(Cl)c1Cl. The molecule has 1 rings (SSSR count). The van der Waals surface area contributed by atoms with Crippen LogP contribution in [0.5, 0.6) is 0 Å².